The van der Waals surface area contributed by atoms with Gasteiger partial charge in [0.15, 0.2) is 0 Å². The summed E-state index contributed by atoms with van der Waals surface area (Å²) in [5.74, 6) is -3.83. The minimum absolute atomic E-state index is 0.0679. The minimum atomic E-state index is -2.67. The van der Waals surface area contributed by atoms with Crippen LogP contribution < -0.4 is 5.32 Å². The van der Waals surface area contributed by atoms with Gasteiger partial charge in [-0.2, -0.15) is 0 Å². The van der Waals surface area contributed by atoms with E-state index < -0.39 is 17.8 Å². The number of nitrogens with one attached hydrogen (secondary N) is 1. The van der Waals surface area contributed by atoms with Crippen molar-refractivity contribution in [2.75, 3.05) is 20.2 Å². The molecule has 1 aliphatic rings. The number of halogens is 2. The van der Waals surface area contributed by atoms with Crippen LogP contribution in [0.2, 0.25) is 0 Å². The number of methoxy groups -OCH3 is 1. The van der Waals surface area contributed by atoms with E-state index in [0.29, 0.717) is 0 Å². The number of alkyl halides is 2. The van der Waals surface area contributed by atoms with Gasteiger partial charge >= 0.3 is 5.97 Å². The molecule has 0 aromatic rings. The van der Waals surface area contributed by atoms with Crippen molar-refractivity contribution in [1.82, 2.24) is 5.32 Å². The van der Waals surface area contributed by atoms with Crippen LogP contribution in [0.5, 0.6) is 0 Å². The standard InChI is InChI=1S/C8H13F2NO2/c1-13-7(12)3-2-6-4-11-5-8(6,9)10/h6,11H,2-5H2,1H3. The predicted molar refractivity (Wildman–Crippen MR) is 42.6 cm³/mol. The Kier molecular flexibility index (Phi) is 3.19. The summed E-state index contributed by atoms with van der Waals surface area (Å²) in [6.45, 7) is 0.00281. The van der Waals surface area contributed by atoms with E-state index >= 15 is 0 Å². The van der Waals surface area contributed by atoms with Gasteiger partial charge < -0.3 is 10.1 Å². The molecular formula is C8H13F2NO2. The van der Waals surface area contributed by atoms with E-state index in [2.05, 4.69) is 10.1 Å². The molecular weight excluding hydrogens is 180 g/mol. The first kappa shape index (κ1) is 10.4. The molecule has 0 aromatic carbocycles. The zero-order valence-corrected chi connectivity index (χ0v) is 7.48. The number of hydrogen-bond acceptors (Lipinski definition) is 3. The van der Waals surface area contributed by atoms with E-state index in [0.717, 1.165) is 0 Å². The van der Waals surface area contributed by atoms with Gasteiger partial charge in [-0.1, -0.05) is 0 Å². The molecule has 0 radical (unpaired) electrons. The monoisotopic (exact) mass is 193 g/mol. The average molecular weight is 193 g/mol. The second-order valence-corrected chi connectivity index (χ2v) is 3.20. The van der Waals surface area contributed by atoms with E-state index in [1.807, 2.05) is 0 Å². The van der Waals surface area contributed by atoms with Gasteiger partial charge in [-0.25, -0.2) is 8.78 Å². The van der Waals surface area contributed by atoms with Gasteiger partial charge in [-0.05, 0) is 6.42 Å². The Balaban J connectivity index is 2.33. The first-order valence-corrected chi connectivity index (χ1v) is 4.21. The maximum atomic E-state index is 12.9. The Hall–Kier alpha value is -0.710. The van der Waals surface area contributed by atoms with Crippen LogP contribution in [0.3, 0.4) is 0 Å². The van der Waals surface area contributed by atoms with Crippen molar-refractivity contribution in [3.8, 4) is 0 Å². The summed E-state index contributed by atoms with van der Waals surface area (Å²) in [6, 6.07) is 0. The minimum Gasteiger partial charge on any atom is -0.469 e. The third-order valence-electron chi connectivity index (χ3n) is 2.27. The fourth-order valence-electron chi connectivity index (χ4n) is 1.41. The zero-order valence-electron chi connectivity index (χ0n) is 7.48. The van der Waals surface area contributed by atoms with Crippen molar-refractivity contribution < 1.29 is 18.3 Å². The predicted octanol–water partition coefficient (Wildman–Crippen LogP) is 0.794. The van der Waals surface area contributed by atoms with Crippen LogP contribution in [-0.2, 0) is 9.53 Å². The third-order valence-corrected chi connectivity index (χ3v) is 2.27. The smallest absolute Gasteiger partial charge is 0.305 e. The lowest BCUT2D eigenvalue weighted by Crippen LogP contribution is -2.27. The molecule has 1 rings (SSSR count). The lowest BCUT2D eigenvalue weighted by atomic mass is 9.99. The molecule has 0 amide bonds. The van der Waals surface area contributed by atoms with Crippen molar-refractivity contribution in [3.63, 3.8) is 0 Å². The number of esters is 1. The van der Waals surface area contributed by atoms with Crippen LogP contribution in [0.15, 0.2) is 0 Å². The van der Waals surface area contributed by atoms with Crippen LogP contribution in [0.1, 0.15) is 12.8 Å². The maximum Gasteiger partial charge on any atom is 0.305 e. The molecule has 1 N–H and O–H groups in total. The van der Waals surface area contributed by atoms with Crippen molar-refractivity contribution in [2.45, 2.75) is 18.8 Å². The van der Waals surface area contributed by atoms with Gasteiger partial charge in [-0.3, -0.25) is 4.79 Å². The van der Waals surface area contributed by atoms with Gasteiger partial charge in [0.2, 0.25) is 0 Å². The Labute approximate surface area is 75.4 Å². The van der Waals surface area contributed by atoms with Gasteiger partial charge in [0.25, 0.3) is 5.92 Å². The molecule has 1 fully saturated rings. The Morgan fingerprint density at radius 2 is 2.38 bits per heavy atom. The lowest BCUT2D eigenvalue weighted by Gasteiger charge is -2.16. The quantitative estimate of drug-likeness (QED) is 0.673. The molecule has 76 valence electrons. The molecule has 13 heavy (non-hydrogen) atoms. The van der Waals surface area contributed by atoms with E-state index in [9.17, 15) is 13.6 Å². The maximum absolute atomic E-state index is 12.9. The second-order valence-electron chi connectivity index (χ2n) is 3.20. The summed E-state index contributed by atoms with van der Waals surface area (Å²) in [5, 5.41) is 2.60. The molecule has 1 aliphatic heterocycles. The largest absolute Gasteiger partial charge is 0.469 e. The van der Waals surface area contributed by atoms with Crippen molar-refractivity contribution in [3.05, 3.63) is 0 Å². The fraction of sp³-hybridized carbons (Fsp3) is 0.875. The Morgan fingerprint density at radius 3 is 2.85 bits per heavy atom. The summed E-state index contributed by atoms with van der Waals surface area (Å²) >= 11 is 0. The van der Waals surface area contributed by atoms with E-state index in [-0.39, 0.29) is 25.9 Å². The molecule has 3 nitrogen and oxygen atoms in total. The summed E-state index contributed by atoms with van der Waals surface area (Å²) in [6.07, 6.45) is 0.255. The average Bonchev–Trinajstić information content (AvgIpc) is 2.41. The third kappa shape index (κ3) is 2.62. The van der Waals surface area contributed by atoms with Crippen LogP contribution in [0.4, 0.5) is 8.78 Å². The second kappa shape index (κ2) is 4.00. The molecule has 1 saturated heterocycles. The van der Waals surface area contributed by atoms with E-state index in [4.69, 9.17) is 0 Å². The van der Waals surface area contributed by atoms with Gasteiger partial charge in [0, 0.05) is 18.9 Å². The summed E-state index contributed by atoms with van der Waals surface area (Å²) < 4.78 is 30.3. The zero-order chi connectivity index (χ0) is 9.90. The molecule has 0 saturated carbocycles. The summed E-state index contributed by atoms with van der Waals surface area (Å²) in [4.78, 5) is 10.7. The van der Waals surface area contributed by atoms with E-state index in [1.165, 1.54) is 7.11 Å². The molecule has 5 heteroatoms. The Bertz CT molecular complexity index is 197. The molecule has 0 aliphatic carbocycles. The number of rotatable bonds is 3. The molecule has 0 bridgehead atoms. The van der Waals surface area contributed by atoms with Gasteiger partial charge in [-0.15, -0.1) is 0 Å². The topological polar surface area (TPSA) is 38.3 Å². The Morgan fingerprint density at radius 1 is 1.69 bits per heavy atom. The number of hydrogen-bond donors (Lipinski definition) is 1. The summed E-state index contributed by atoms with van der Waals surface area (Å²) in [7, 11) is 1.26. The molecule has 1 unspecified atom stereocenters. The van der Waals surface area contributed by atoms with Crippen LogP contribution in [-0.4, -0.2) is 32.1 Å². The number of carbonyl (C=O) groups is 1. The highest BCUT2D eigenvalue weighted by molar-refractivity contribution is 5.69. The SMILES string of the molecule is COC(=O)CCC1CNCC1(F)F. The molecule has 1 atom stereocenters. The summed E-state index contributed by atoms with van der Waals surface area (Å²) in [5.41, 5.74) is 0. The fourth-order valence-corrected chi connectivity index (χ4v) is 1.41. The number of carbonyl (C=O) groups excluding carboxylic acids is 1. The van der Waals surface area contributed by atoms with Crippen molar-refractivity contribution in [1.29, 1.82) is 0 Å². The van der Waals surface area contributed by atoms with Gasteiger partial charge in [0.1, 0.15) is 0 Å². The number of ether oxygens (including phenoxy) is 1. The highest BCUT2D eigenvalue weighted by Crippen LogP contribution is 2.31. The highest BCUT2D eigenvalue weighted by atomic mass is 19.3. The van der Waals surface area contributed by atoms with Crippen molar-refractivity contribution in [2.24, 2.45) is 5.92 Å². The first-order chi connectivity index (χ1) is 6.06. The molecule has 0 aromatic heterocycles. The highest BCUT2D eigenvalue weighted by Gasteiger charge is 2.43. The van der Waals surface area contributed by atoms with Crippen LogP contribution >= 0.6 is 0 Å². The van der Waals surface area contributed by atoms with E-state index in [1.54, 1.807) is 0 Å². The van der Waals surface area contributed by atoms with Gasteiger partial charge in [0.05, 0.1) is 13.7 Å². The normalized spacial score (nSPS) is 25.9. The van der Waals surface area contributed by atoms with Crippen LogP contribution in [0, 0.1) is 5.92 Å². The first-order valence-electron chi connectivity index (χ1n) is 4.21. The molecule has 0 spiro atoms. The molecule has 1 heterocycles. The lowest BCUT2D eigenvalue weighted by molar-refractivity contribution is -0.141. The van der Waals surface area contributed by atoms with Crippen LogP contribution in [0.25, 0.3) is 0 Å². The van der Waals surface area contributed by atoms with Crippen molar-refractivity contribution >= 4 is 5.97 Å².